The molecule has 1 saturated heterocycles. The van der Waals surface area contributed by atoms with Crippen molar-refractivity contribution in [1.82, 2.24) is 5.32 Å². The van der Waals surface area contributed by atoms with Gasteiger partial charge in [-0.25, -0.2) is 4.90 Å². The van der Waals surface area contributed by atoms with Gasteiger partial charge in [-0.05, 0) is 45.0 Å². The number of nitrogens with zero attached hydrogens (tertiary/aromatic N) is 2. The molecule has 2 aliphatic rings. The van der Waals surface area contributed by atoms with Crippen LogP contribution >= 0.6 is 11.8 Å². The maximum absolute atomic E-state index is 6.54. The monoisotopic (exact) mass is 313 g/mol. The second-order valence-electron chi connectivity index (χ2n) is 6.50. The number of rotatable bonds is 2. The van der Waals surface area contributed by atoms with Crippen molar-refractivity contribution in [2.24, 2.45) is 0 Å². The molecule has 1 unspecified atom stereocenters. The molecule has 2 aromatic rings. The molecule has 1 aromatic heterocycles. The topological polar surface area (TPSA) is 55.1 Å². The van der Waals surface area contributed by atoms with Crippen molar-refractivity contribution in [3.05, 3.63) is 42.1 Å². The lowest BCUT2D eigenvalue weighted by molar-refractivity contribution is -0.638. The number of benzene rings is 1. The van der Waals surface area contributed by atoms with E-state index in [9.17, 15) is 0 Å². The van der Waals surface area contributed by atoms with E-state index in [0.29, 0.717) is 6.04 Å². The summed E-state index contributed by atoms with van der Waals surface area (Å²) in [6.45, 7) is 7.59. The molecule has 22 heavy (non-hydrogen) atoms. The summed E-state index contributed by atoms with van der Waals surface area (Å²) in [6, 6.07) is 13.2. The summed E-state index contributed by atoms with van der Waals surface area (Å²) in [6.07, 6.45) is 0. The van der Waals surface area contributed by atoms with E-state index >= 15 is 0 Å². The normalized spacial score (nSPS) is 22.5. The smallest absolute Gasteiger partial charge is 0.301 e. The van der Waals surface area contributed by atoms with Crippen molar-refractivity contribution in [3.8, 4) is 0 Å². The molecule has 1 atom stereocenters. The van der Waals surface area contributed by atoms with Crippen LogP contribution in [-0.4, -0.2) is 12.6 Å². The minimum Gasteiger partial charge on any atom is -0.301 e. The summed E-state index contributed by atoms with van der Waals surface area (Å²) in [5.74, 6) is 7.63. The van der Waals surface area contributed by atoms with E-state index in [0.717, 1.165) is 18.1 Å². The first-order chi connectivity index (χ1) is 10.5. The Kier molecular flexibility index (Phi) is 2.93. The van der Waals surface area contributed by atoms with Crippen molar-refractivity contribution >= 4 is 23.3 Å². The average molecular weight is 313 g/mol. The van der Waals surface area contributed by atoms with Crippen LogP contribution in [0, 0.1) is 0 Å². The summed E-state index contributed by atoms with van der Waals surface area (Å²) in [7, 11) is 0. The van der Waals surface area contributed by atoms with Gasteiger partial charge in [-0.2, -0.15) is 0 Å². The van der Waals surface area contributed by atoms with Crippen LogP contribution in [0.15, 0.2) is 46.2 Å². The van der Waals surface area contributed by atoms with Crippen LogP contribution < -0.4 is 20.7 Å². The zero-order valence-electron chi connectivity index (χ0n) is 13.1. The zero-order chi connectivity index (χ0) is 15.5. The van der Waals surface area contributed by atoms with E-state index in [1.165, 1.54) is 15.5 Å². The molecular weight excluding hydrogens is 292 g/mol. The van der Waals surface area contributed by atoms with Crippen molar-refractivity contribution in [2.75, 3.05) is 17.3 Å². The average Bonchev–Trinajstić information content (AvgIpc) is 3.23. The van der Waals surface area contributed by atoms with E-state index in [1.807, 2.05) is 4.68 Å². The lowest BCUT2D eigenvalue weighted by Gasteiger charge is -2.29. The van der Waals surface area contributed by atoms with E-state index in [4.69, 9.17) is 5.84 Å². The number of anilines is 2. The van der Waals surface area contributed by atoms with Crippen LogP contribution in [0.5, 0.6) is 0 Å². The Hall–Kier alpha value is -1.72. The Bertz CT molecular complexity index is 752. The molecule has 0 amide bonds. The Morgan fingerprint density at radius 2 is 1.95 bits per heavy atom. The molecule has 3 N–H and O–H groups in total. The second-order valence-corrected chi connectivity index (χ2v) is 7.58. The molecule has 0 spiro atoms. The highest BCUT2D eigenvalue weighted by Crippen LogP contribution is 2.47. The van der Waals surface area contributed by atoms with Crippen LogP contribution in [0.2, 0.25) is 0 Å². The first-order valence-electron chi connectivity index (χ1n) is 7.67. The van der Waals surface area contributed by atoms with E-state index in [1.54, 1.807) is 11.8 Å². The van der Waals surface area contributed by atoms with Gasteiger partial charge in [0, 0.05) is 6.54 Å². The predicted molar refractivity (Wildman–Crippen MR) is 90.0 cm³/mol. The Morgan fingerprint density at radius 1 is 1.23 bits per heavy atom. The SMILES string of the molecule is CC(C)N1c2ccccc2Sc2ccc(C3(C)CN3)[n+](N)c21. The van der Waals surface area contributed by atoms with E-state index in [-0.39, 0.29) is 5.54 Å². The largest absolute Gasteiger partial charge is 0.319 e. The van der Waals surface area contributed by atoms with E-state index in [2.05, 4.69) is 67.4 Å². The van der Waals surface area contributed by atoms with Gasteiger partial charge in [-0.3, -0.25) is 5.84 Å². The fraction of sp³-hybridized carbons (Fsp3) is 0.353. The van der Waals surface area contributed by atoms with Crippen LogP contribution in [0.1, 0.15) is 26.5 Å². The quantitative estimate of drug-likeness (QED) is 0.508. The lowest BCUT2D eigenvalue weighted by Crippen LogP contribution is -2.56. The molecule has 5 heteroatoms. The number of fused-ring (bicyclic) bond motifs is 2. The highest BCUT2D eigenvalue weighted by molar-refractivity contribution is 7.99. The standard InChI is InChI=1S/C17H21N4S/c1-11(2)20-12-6-4-5-7-13(12)22-14-8-9-15(17(3)10-19-17)21(18)16(14)20/h4-9,11,19H,10,18H2,1-3H3/q+1. The Balaban J connectivity index is 1.94. The molecular formula is C17H21N4S+. The van der Waals surface area contributed by atoms with Gasteiger partial charge in [-0.15, -0.1) is 4.68 Å². The molecule has 114 valence electrons. The van der Waals surface area contributed by atoms with Crippen LogP contribution in [0.25, 0.3) is 0 Å². The first kappa shape index (κ1) is 13.9. The number of nitrogens with one attached hydrogen (secondary N) is 1. The molecule has 0 radical (unpaired) electrons. The first-order valence-corrected chi connectivity index (χ1v) is 8.49. The number of hydrogen-bond acceptors (Lipinski definition) is 4. The maximum atomic E-state index is 6.54. The second kappa shape index (κ2) is 4.64. The minimum atomic E-state index is 0.00800. The highest BCUT2D eigenvalue weighted by Gasteiger charge is 2.46. The van der Waals surface area contributed by atoms with Gasteiger partial charge in [-0.1, -0.05) is 23.9 Å². The Morgan fingerprint density at radius 3 is 2.64 bits per heavy atom. The summed E-state index contributed by atoms with van der Waals surface area (Å²) in [5.41, 5.74) is 2.38. The van der Waals surface area contributed by atoms with Gasteiger partial charge in [0.25, 0.3) is 0 Å². The molecule has 2 aliphatic heterocycles. The molecule has 0 bridgehead atoms. The minimum absolute atomic E-state index is 0.00800. The highest BCUT2D eigenvalue weighted by atomic mass is 32.2. The van der Waals surface area contributed by atoms with Crippen LogP contribution in [0.3, 0.4) is 0 Å². The zero-order valence-corrected chi connectivity index (χ0v) is 13.9. The van der Waals surface area contributed by atoms with Crippen molar-refractivity contribution < 1.29 is 4.68 Å². The molecule has 4 rings (SSSR count). The maximum Gasteiger partial charge on any atom is 0.319 e. The van der Waals surface area contributed by atoms with Gasteiger partial charge >= 0.3 is 5.82 Å². The third-order valence-electron chi connectivity index (χ3n) is 4.46. The number of para-hydroxylation sites is 1. The molecule has 4 nitrogen and oxygen atoms in total. The van der Waals surface area contributed by atoms with Gasteiger partial charge in [0.2, 0.25) is 0 Å². The van der Waals surface area contributed by atoms with E-state index < -0.39 is 0 Å². The summed E-state index contributed by atoms with van der Waals surface area (Å²) in [5, 5.41) is 3.41. The summed E-state index contributed by atoms with van der Waals surface area (Å²) < 4.78 is 1.87. The van der Waals surface area contributed by atoms with Crippen molar-refractivity contribution in [3.63, 3.8) is 0 Å². The van der Waals surface area contributed by atoms with Gasteiger partial charge < -0.3 is 5.32 Å². The fourth-order valence-electron chi connectivity index (χ4n) is 3.12. The summed E-state index contributed by atoms with van der Waals surface area (Å²) >= 11 is 1.79. The fourth-order valence-corrected chi connectivity index (χ4v) is 4.20. The number of aromatic nitrogens is 1. The molecule has 0 aliphatic carbocycles. The predicted octanol–water partition coefficient (Wildman–Crippen LogP) is 2.52. The number of hydrogen-bond donors (Lipinski definition) is 2. The van der Waals surface area contributed by atoms with Gasteiger partial charge in [0.15, 0.2) is 5.69 Å². The number of nitrogens with two attached hydrogens (primary N) is 1. The van der Waals surface area contributed by atoms with Crippen LogP contribution in [0.4, 0.5) is 11.5 Å². The van der Waals surface area contributed by atoms with Gasteiger partial charge in [0.1, 0.15) is 10.6 Å². The number of nitrogen functional groups attached to an aromatic ring is 1. The third kappa shape index (κ3) is 1.92. The lowest BCUT2D eigenvalue weighted by atomic mass is 10.1. The van der Waals surface area contributed by atoms with Crippen molar-refractivity contribution in [1.29, 1.82) is 0 Å². The van der Waals surface area contributed by atoms with Crippen LogP contribution in [-0.2, 0) is 5.54 Å². The third-order valence-corrected chi connectivity index (χ3v) is 5.57. The van der Waals surface area contributed by atoms with Gasteiger partial charge in [0.05, 0.1) is 16.5 Å². The Labute approximate surface area is 135 Å². The van der Waals surface area contributed by atoms with Crippen molar-refractivity contribution in [2.45, 2.75) is 42.1 Å². The summed E-state index contributed by atoms with van der Waals surface area (Å²) in [4.78, 5) is 4.84. The molecule has 3 heterocycles. The molecule has 1 fully saturated rings. The molecule has 1 aromatic carbocycles. The number of pyridine rings is 1. The molecule has 0 saturated carbocycles.